The monoisotopic (exact) mass is 358 g/mol. The second-order valence-corrected chi connectivity index (χ2v) is 7.03. The van der Waals surface area contributed by atoms with Gasteiger partial charge in [0, 0.05) is 19.6 Å². The summed E-state index contributed by atoms with van der Waals surface area (Å²) < 4.78 is 0. The SMILES string of the molecule is O=C1CN(c2cn[nH]c(=O)c2Cl)CCN1Cc1ccc(C2CC2)cc1. The summed E-state index contributed by atoms with van der Waals surface area (Å²) in [6.07, 6.45) is 4.07. The Hall–Kier alpha value is -2.34. The van der Waals surface area contributed by atoms with Crippen molar-refractivity contribution >= 4 is 23.2 Å². The van der Waals surface area contributed by atoms with E-state index in [1.807, 2.05) is 4.90 Å². The van der Waals surface area contributed by atoms with Crippen LogP contribution >= 0.6 is 11.6 Å². The lowest BCUT2D eigenvalue weighted by Crippen LogP contribution is -2.50. The Kier molecular flexibility index (Phi) is 4.21. The number of rotatable bonds is 4. The number of aromatic nitrogens is 2. The molecule has 6 nitrogen and oxygen atoms in total. The Morgan fingerprint density at radius 1 is 1.16 bits per heavy atom. The van der Waals surface area contributed by atoms with Crippen molar-refractivity contribution in [3.8, 4) is 0 Å². The van der Waals surface area contributed by atoms with Gasteiger partial charge in [0.1, 0.15) is 5.02 Å². The maximum absolute atomic E-state index is 12.5. The van der Waals surface area contributed by atoms with Crippen LogP contribution in [0.4, 0.5) is 5.69 Å². The molecule has 0 bridgehead atoms. The van der Waals surface area contributed by atoms with Gasteiger partial charge in [0.25, 0.3) is 5.56 Å². The van der Waals surface area contributed by atoms with E-state index in [0.717, 1.165) is 11.5 Å². The van der Waals surface area contributed by atoms with E-state index in [2.05, 4.69) is 34.5 Å². The Morgan fingerprint density at radius 3 is 2.60 bits per heavy atom. The first-order valence-electron chi connectivity index (χ1n) is 8.46. The highest BCUT2D eigenvalue weighted by atomic mass is 35.5. The van der Waals surface area contributed by atoms with Crippen LogP contribution in [0.2, 0.25) is 5.02 Å². The molecule has 2 fully saturated rings. The summed E-state index contributed by atoms with van der Waals surface area (Å²) in [5, 5.41) is 6.14. The highest BCUT2D eigenvalue weighted by molar-refractivity contribution is 6.33. The van der Waals surface area contributed by atoms with E-state index in [-0.39, 0.29) is 17.5 Å². The highest BCUT2D eigenvalue weighted by Gasteiger charge is 2.27. The molecule has 1 saturated carbocycles. The summed E-state index contributed by atoms with van der Waals surface area (Å²) in [6.45, 7) is 2.02. The van der Waals surface area contributed by atoms with E-state index in [1.54, 1.807) is 4.90 Å². The molecule has 1 aromatic carbocycles. The predicted molar refractivity (Wildman–Crippen MR) is 95.9 cm³/mol. The molecule has 1 aliphatic heterocycles. The molecule has 1 aromatic heterocycles. The van der Waals surface area contributed by atoms with E-state index >= 15 is 0 Å². The summed E-state index contributed by atoms with van der Waals surface area (Å²) in [5.41, 5.74) is 2.61. The van der Waals surface area contributed by atoms with Crippen molar-refractivity contribution in [3.63, 3.8) is 0 Å². The molecular formula is C18H19ClN4O2. The summed E-state index contributed by atoms with van der Waals surface area (Å²) in [6, 6.07) is 8.58. The van der Waals surface area contributed by atoms with Gasteiger partial charge in [-0.25, -0.2) is 5.10 Å². The van der Waals surface area contributed by atoms with Crippen molar-refractivity contribution in [3.05, 3.63) is 57.0 Å². The van der Waals surface area contributed by atoms with Gasteiger partial charge in [-0.15, -0.1) is 0 Å². The number of halogens is 1. The lowest BCUT2D eigenvalue weighted by Gasteiger charge is -2.35. The minimum Gasteiger partial charge on any atom is -0.358 e. The van der Waals surface area contributed by atoms with Crippen LogP contribution in [-0.2, 0) is 11.3 Å². The number of nitrogens with zero attached hydrogens (tertiary/aromatic N) is 3. The average Bonchev–Trinajstić information content (AvgIpc) is 3.45. The van der Waals surface area contributed by atoms with Gasteiger partial charge in [-0.2, -0.15) is 5.10 Å². The first kappa shape index (κ1) is 16.1. The van der Waals surface area contributed by atoms with Crippen LogP contribution < -0.4 is 10.5 Å². The number of hydrogen-bond donors (Lipinski definition) is 1. The van der Waals surface area contributed by atoms with Crippen molar-refractivity contribution in [1.29, 1.82) is 0 Å². The number of carbonyl (C=O) groups is 1. The zero-order chi connectivity index (χ0) is 17.4. The van der Waals surface area contributed by atoms with E-state index in [9.17, 15) is 9.59 Å². The van der Waals surface area contributed by atoms with Crippen LogP contribution in [0.3, 0.4) is 0 Å². The highest BCUT2D eigenvalue weighted by Crippen LogP contribution is 2.39. The minimum atomic E-state index is -0.440. The minimum absolute atomic E-state index is 0.0221. The lowest BCUT2D eigenvalue weighted by atomic mass is 10.1. The van der Waals surface area contributed by atoms with Crippen LogP contribution in [0.25, 0.3) is 0 Å². The van der Waals surface area contributed by atoms with E-state index in [4.69, 9.17) is 11.6 Å². The Labute approximate surface area is 150 Å². The smallest absolute Gasteiger partial charge is 0.285 e. The molecule has 1 N–H and O–H groups in total. The van der Waals surface area contributed by atoms with Crippen molar-refractivity contribution in [2.45, 2.75) is 25.3 Å². The quantitative estimate of drug-likeness (QED) is 0.909. The van der Waals surface area contributed by atoms with E-state index < -0.39 is 5.56 Å². The van der Waals surface area contributed by atoms with Gasteiger partial charge >= 0.3 is 0 Å². The predicted octanol–water partition coefficient (Wildman–Crippen LogP) is 2.15. The van der Waals surface area contributed by atoms with Gasteiger partial charge in [-0.1, -0.05) is 35.9 Å². The van der Waals surface area contributed by atoms with Gasteiger partial charge in [-0.3, -0.25) is 9.59 Å². The molecule has 1 amide bonds. The molecule has 2 aliphatic rings. The first-order valence-corrected chi connectivity index (χ1v) is 8.84. The molecule has 1 saturated heterocycles. The van der Waals surface area contributed by atoms with Gasteiger partial charge in [0.2, 0.25) is 5.91 Å². The summed E-state index contributed by atoms with van der Waals surface area (Å²) in [7, 11) is 0. The average molecular weight is 359 g/mol. The van der Waals surface area contributed by atoms with Gasteiger partial charge in [-0.05, 0) is 29.9 Å². The third-order valence-corrected chi connectivity index (χ3v) is 5.20. The fraction of sp³-hybridized carbons (Fsp3) is 0.389. The Morgan fingerprint density at radius 2 is 1.92 bits per heavy atom. The molecule has 0 unspecified atom stereocenters. The molecule has 0 atom stereocenters. The second kappa shape index (κ2) is 6.52. The van der Waals surface area contributed by atoms with Gasteiger partial charge in [0.05, 0.1) is 18.4 Å². The molecular weight excluding hydrogens is 340 g/mol. The molecule has 2 aromatic rings. The number of nitrogens with one attached hydrogen (secondary N) is 1. The van der Waals surface area contributed by atoms with Crippen LogP contribution in [0.5, 0.6) is 0 Å². The third kappa shape index (κ3) is 3.39. The van der Waals surface area contributed by atoms with Gasteiger partial charge < -0.3 is 9.80 Å². The number of carbonyl (C=O) groups excluding carboxylic acids is 1. The normalized spacial score (nSPS) is 17.9. The van der Waals surface area contributed by atoms with E-state index in [1.165, 1.54) is 24.6 Å². The van der Waals surface area contributed by atoms with Gasteiger partial charge in [0.15, 0.2) is 0 Å². The molecule has 1 aliphatic carbocycles. The van der Waals surface area contributed by atoms with Crippen molar-refractivity contribution in [2.75, 3.05) is 24.5 Å². The number of hydrogen-bond acceptors (Lipinski definition) is 4. The summed E-state index contributed by atoms with van der Waals surface area (Å²) in [4.78, 5) is 27.7. The van der Waals surface area contributed by atoms with Crippen LogP contribution in [-0.4, -0.2) is 40.6 Å². The topological polar surface area (TPSA) is 69.3 Å². The zero-order valence-corrected chi connectivity index (χ0v) is 14.5. The largest absolute Gasteiger partial charge is 0.358 e. The van der Waals surface area contributed by atoms with Crippen LogP contribution in [0.1, 0.15) is 29.9 Å². The van der Waals surface area contributed by atoms with E-state index in [0.29, 0.717) is 25.3 Å². The van der Waals surface area contributed by atoms with Crippen LogP contribution in [0, 0.1) is 0 Å². The number of amides is 1. The zero-order valence-electron chi connectivity index (χ0n) is 13.7. The number of piperazine rings is 1. The molecule has 130 valence electrons. The number of benzene rings is 1. The van der Waals surface area contributed by atoms with Crippen LogP contribution in [0.15, 0.2) is 35.3 Å². The standard InChI is InChI=1S/C18H19ClN4O2/c19-17-15(9-20-21-18(17)25)22-7-8-23(16(24)11-22)10-12-1-3-13(4-2-12)14-5-6-14/h1-4,9,14H,5-8,10-11H2,(H,21,25). The van der Waals surface area contributed by atoms with Crippen molar-refractivity contribution in [2.24, 2.45) is 0 Å². The second-order valence-electron chi connectivity index (χ2n) is 6.65. The van der Waals surface area contributed by atoms with Crippen molar-refractivity contribution in [1.82, 2.24) is 15.1 Å². The maximum atomic E-state index is 12.5. The molecule has 4 rings (SSSR count). The third-order valence-electron chi connectivity index (χ3n) is 4.84. The Bertz CT molecular complexity index is 845. The van der Waals surface area contributed by atoms with Crippen molar-refractivity contribution < 1.29 is 4.79 Å². The maximum Gasteiger partial charge on any atom is 0.285 e. The number of anilines is 1. The number of H-pyrrole nitrogens is 1. The first-order chi connectivity index (χ1) is 12.1. The molecule has 0 radical (unpaired) electrons. The Balaban J connectivity index is 1.42. The molecule has 7 heteroatoms. The molecule has 25 heavy (non-hydrogen) atoms. The number of aromatic amines is 1. The molecule has 0 spiro atoms. The fourth-order valence-electron chi connectivity index (χ4n) is 3.21. The fourth-order valence-corrected chi connectivity index (χ4v) is 3.42. The molecule has 2 heterocycles. The lowest BCUT2D eigenvalue weighted by molar-refractivity contribution is -0.131. The summed E-state index contributed by atoms with van der Waals surface area (Å²) in [5.74, 6) is 0.764. The summed E-state index contributed by atoms with van der Waals surface area (Å²) >= 11 is 6.04.